The summed E-state index contributed by atoms with van der Waals surface area (Å²) in [6.07, 6.45) is 4.75. The SMILES string of the molecule is CC1CCC(C)C(NC2CCC(=O)NC2=O)C1. The molecule has 1 aliphatic carbocycles. The Bertz CT molecular complexity index is 317. The molecule has 0 spiro atoms. The van der Waals surface area contributed by atoms with Crippen LogP contribution in [0.2, 0.25) is 0 Å². The van der Waals surface area contributed by atoms with E-state index in [2.05, 4.69) is 24.5 Å². The predicted octanol–water partition coefficient (Wildman–Crippen LogP) is 1.21. The van der Waals surface area contributed by atoms with Crippen molar-refractivity contribution in [1.29, 1.82) is 0 Å². The molecule has 17 heavy (non-hydrogen) atoms. The van der Waals surface area contributed by atoms with Gasteiger partial charge in [-0.1, -0.05) is 20.3 Å². The summed E-state index contributed by atoms with van der Waals surface area (Å²) >= 11 is 0. The molecule has 4 atom stereocenters. The zero-order valence-electron chi connectivity index (χ0n) is 10.7. The molecule has 0 aromatic rings. The van der Waals surface area contributed by atoms with Crippen molar-refractivity contribution in [1.82, 2.24) is 10.6 Å². The van der Waals surface area contributed by atoms with Crippen LogP contribution in [0.5, 0.6) is 0 Å². The lowest BCUT2D eigenvalue weighted by atomic mass is 9.79. The molecule has 1 saturated carbocycles. The first-order valence-electron chi connectivity index (χ1n) is 6.66. The first-order chi connectivity index (χ1) is 8.06. The first-order valence-corrected chi connectivity index (χ1v) is 6.66. The van der Waals surface area contributed by atoms with Crippen LogP contribution < -0.4 is 10.6 Å². The van der Waals surface area contributed by atoms with Crippen molar-refractivity contribution in [2.45, 2.75) is 58.0 Å². The summed E-state index contributed by atoms with van der Waals surface area (Å²) in [7, 11) is 0. The molecule has 4 nitrogen and oxygen atoms in total. The number of hydrogen-bond donors (Lipinski definition) is 2. The maximum atomic E-state index is 11.7. The van der Waals surface area contributed by atoms with Crippen LogP contribution in [0.15, 0.2) is 0 Å². The van der Waals surface area contributed by atoms with Gasteiger partial charge in [0.05, 0.1) is 6.04 Å². The smallest absolute Gasteiger partial charge is 0.243 e. The predicted molar refractivity (Wildman–Crippen MR) is 65.3 cm³/mol. The van der Waals surface area contributed by atoms with Crippen molar-refractivity contribution in [2.24, 2.45) is 11.8 Å². The Morgan fingerprint density at radius 1 is 1.18 bits per heavy atom. The Labute approximate surface area is 103 Å². The molecule has 2 N–H and O–H groups in total. The number of carbonyl (C=O) groups excluding carboxylic acids is 2. The van der Waals surface area contributed by atoms with Crippen LogP contribution >= 0.6 is 0 Å². The Balaban J connectivity index is 1.91. The Kier molecular flexibility index (Phi) is 3.82. The monoisotopic (exact) mass is 238 g/mol. The minimum atomic E-state index is -0.176. The van der Waals surface area contributed by atoms with E-state index in [0.717, 1.165) is 12.3 Å². The molecule has 0 bridgehead atoms. The summed E-state index contributed by atoms with van der Waals surface area (Å²) in [6.45, 7) is 4.51. The average molecular weight is 238 g/mol. The standard InChI is InChI=1S/C13H22N2O2/c1-8-3-4-9(2)11(7-8)14-10-5-6-12(16)15-13(10)17/h8-11,14H,3-7H2,1-2H3,(H,15,16,17). The fraction of sp³-hybridized carbons (Fsp3) is 0.846. The third kappa shape index (κ3) is 3.06. The van der Waals surface area contributed by atoms with E-state index in [4.69, 9.17) is 0 Å². The van der Waals surface area contributed by atoms with Gasteiger partial charge in [0.15, 0.2) is 0 Å². The van der Waals surface area contributed by atoms with E-state index in [9.17, 15) is 9.59 Å². The highest BCUT2D eigenvalue weighted by molar-refractivity contribution is 6.00. The highest BCUT2D eigenvalue weighted by Crippen LogP contribution is 2.29. The second-order valence-corrected chi connectivity index (χ2v) is 5.67. The van der Waals surface area contributed by atoms with Gasteiger partial charge in [-0.25, -0.2) is 0 Å². The minimum Gasteiger partial charge on any atom is -0.303 e. The lowest BCUT2D eigenvalue weighted by Gasteiger charge is -2.36. The number of carbonyl (C=O) groups is 2. The number of hydrogen-bond acceptors (Lipinski definition) is 3. The van der Waals surface area contributed by atoms with Crippen LogP contribution in [0, 0.1) is 11.8 Å². The van der Waals surface area contributed by atoms with Crippen molar-refractivity contribution in [2.75, 3.05) is 0 Å². The summed E-state index contributed by atoms with van der Waals surface area (Å²) in [5.74, 6) is 1.07. The summed E-state index contributed by atoms with van der Waals surface area (Å²) < 4.78 is 0. The van der Waals surface area contributed by atoms with E-state index < -0.39 is 0 Å². The maximum absolute atomic E-state index is 11.7. The zero-order valence-corrected chi connectivity index (χ0v) is 10.7. The molecular weight excluding hydrogens is 216 g/mol. The Morgan fingerprint density at radius 2 is 1.94 bits per heavy atom. The van der Waals surface area contributed by atoms with Gasteiger partial charge in [-0.3, -0.25) is 14.9 Å². The molecule has 0 aromatic carbocycles. The highest BCUT2D eigenvalue weighted by Gasteiger charge is 2.32. The van der Waals surface area contributed by atoms with Gasteiger partial charge >= 0.3 is 0 Å². The molecule has 96 valence electrons. The third-order valence-corrected chi connectivity index (χ3v) is 4.11. The topological polar surface area (TPSA) is 58.2 Å². The molecule has 2 aliphatic rings. The largest absolute Gasteiger partial charge is 0.303 e. The molecule has 2 rings (SSSR count). The van der Waals surface area contributed by atoms with E-state index >= 15 is 0 Å². The summed E-state index contributed by atoms with van der Waals surface area (Å²) in [4.78, 5) is 22.7. The quantitative estimate of drug-likeness (QED) is 0.711. The molecule has 0 aromatic heterocycles. The van der Waals surface area contributed by atoms with Crippen LogP contribution in [0.25, 0.3) is 0 Å². The van der Waals surface area contributed by atoms with E-state index in [-0.39, 0.29) is 17.9 Å². The van der Waals surface area contributed by atoms with Crippen molar-refractivity contribution in [3.63, 3.8) is 0 Å². The molecule has 4 heteroatoms. The first kappa shape index (κ1) is 12.6. The summed E-state index contributed by atoms with van der Waals surface area (Å²) in [5.41, 5.74) is 0. The average Bonchev–Trinajstić information content (AvgIpc) is 2.27. The van der Waals surface area contributed by atoms with Crippen molar-refractivity contribution in [3.8, 4) is 0 Å². The summed E-state index contributed by atoms with van der Waals surface area (Å²) in [5, 5.41) is 5.85. The maximum Gasteiger partial charge on any atom is 0.243 e. The number of amides is 2. The molecule has 1 saturated heterocycles. The van der Waals surface area contributed by atoms with Crippen molar-refractivity contribution in [3.05, 3.63) is 0 Å². The van der Waals surface area contributed by atoms with E-state index in [0.29, 0.717) is 24.8 Å². The van der Waals surface area contributed by atoms with Gasteiger partial charge in [0.25, 0.3) is 0 Å². The number of piperidine rings is 1. The minimum absolute atomic E-state index is 0.141. The van der Waals surface area contributed by atoms with E-state index in [1.807, 2.05) is 0 Å². The highest BCUT2D eigenvalue weighted by atomic mass is 16.2. The third-order valence-electron chi connectivity index (χ3n) is 4.11. The molecule has 1 heterocycles. The number of rotatable bonds is 2. The van der Waals surface area contributed by atoms with Gasteiger partial charge in [-0.05, 0) is 31.1 Å². The fourth-order valence-corrected chi connectivity index (χ4v) is 2.88. The van der Waals surface area contributed by atoms with Gasteiger partial charge < -0.3 is 5.32 Å². The molecule has 2 fully saturated rings. The Morgan fingerprint density at radius 3 is 2.65 bits per heavy atom. The van der Waals surface area contributed by atoms with Gasteiger partial charge in [0, 0.05) is 12.5 Å². The molecule has 2 amide bonds. The lowest BCUT2D eigenvalue weighted by Crippen LogP contribution is -2.55. The fourth-order valence-electron chi connectivity index (χ4n) is 2.88. The van der Waals surface area contributed by atoms with Gasteiger partial charge in [-0.15, -0.1) is 0 Å². The summed E-state index contributed by atoms with van der Waals surface area (Å²) in [6, 6.07) is 0.244. The van der Waals surface area contributed by atoms with Gasteiger partial charge in [0.2, 0.25) is 11.8 Å². The van der Waals surface area contributed by atoms with Crippen LogP contribution in [-0.4, -0.2) is 23.9 Å². The van der Waals surface area contributed by atoms with Crippen molar-refractivity contribution < 1.29 is 9.59 Å². The molecular formula is C13H22N2O2. The molecule has 4 unspecified atom stereocenters. The van der Waals surface area contributed by atoms with Crippen LogP contribution in [-0.2, 0) is 9.59 Å². The number of imide groups is 1. The zero-order chi connectivity index (χ0) is 12.4. The van der Waals surface area contributed by atoms with E-state index in [1.54, 1.807) is 0 Å². The molecule has 0 radical (unpaired) electrons. The molecule has 1 aliphatic heterocycles. The second kappa shape index (κ2) is 5.17. The van der Waals surface area contributed by atoms with Crippen molar-refractivity contribution >= 4 is 11.8 Å². The lowest BCUT2D eigenvalue weighted by molar-refractivity contribution is -0.135. The van der Waals surface area contributed by atoms with Crippen LogP contribution in [0.4, 0.5) is 0 Å². The van der Waals surface area contributed by atoms with Crippen LogP contribution in [0.3, 0.4) is 0 Å². The van der Waals surface area contributed by atoms with Crippen LogP contribution in [0.1, 0.15) is 46.0 Å². The normalized spacial score (nSPS) is 38.9. The second-order valence-electron chi connectivity index (χ2n) is 5.67. The van der Waals surface area contributed by atoms with Gasteiger partial charge in [-0.2, -0.15) is 0 Å². The van der Waals surface area contributed by atoms with Gasteiger partial charge in [0.1, 0.15) is 0 Å². The Hall–Kier alpha value is -0.900. The number of nitrogens with one attached hydrogen (secondary N) is 2. The van der Waals surface area contributed by atoms with E-state index in [1.165, 1.54) is 12.8 Å².